The molecule has 23 heavy (non-hydrogen) atoms. The summed E-state index contributed by atoms with van der Waals surface area (Å²) in [5, 5.41) is 7.66. The van der Waals surface area contributed by atoms with E-state index in [1.165, 1.54) is 11.1 Å². The van der Waals surface area contributed by atoms with Crippen LogP contribution in [0.5, 0.6) is 0 Å². The Balaban J connectivity index is 1.64. The summed E-state index contributed by atoms with van der Waals surface area (Å²) >= 11 is 0. The first-order valence-electron chi connectivity index (χ1n) is 8.27. The number of rotatable bonds is 3. The van der Waals surface area contributed by atoms with Gasteiger partial charge >= 0.3 is 0 Å². The van der Waals surface area contributed by atoms with E-state index in [0.29, 0.717) is 18.4 Å². The summed E-state index contributed by atoms with van der Waals surface area (Å²) in [6, 6.07) is 10.5. The van der Waals surface area contributed by atoms with Crippen molar-refractivity contribution in [2.24, 2.45) is 11.8 Å². The van der Waals surface area contributed by atoms with Gasteiger partial charge < -0.3 is 10.2 Å². The number of carbonyl (C=O) groups is 1. The summed E-state index contributed by atoms with van der Waals surface area (Å²) in [5.74, 6) is 1.23. The molecular weight excluding hydrogens is 288 g/mol. The third-order valence-corrected chi connectivity index (χ3v) is 5.25. The van der Waals surface area contributed by atoms with Crippen LogP contribution in [0.2, 0.25) is 0 Å². The number of nitrogens with zero attached hydrogens (tertiary/aromatic N) is 3. The minimum absolute atomic E-state index is 0.163. The first kappa shape index (κ1) is 14.5. The molecule has 0 saturated carbocycles. The molecule has 2 fully saturated rings. The van der Waals surface area contributed by atoms with E-state index in [-0.39, 0.29) is 11.9 Å². The smallest absolute Gasteiger partial charge is 0.244 e. The van der Waals surface area contributed by atoms with Crippen LogP contribution in [0.1, 0.15) is 17.2 Å². The third kappa shape index (κ3) is 2.55. The van der Waals surface area contributed by atoms with Gasteiger partial charge in [-0.25, -0.2) is 0 Å². The number of aromatic nitrogens is 2. The lowest BCUT2D eigenvalue weighted by Crippen LogP contribution is -2.37. The lowest BCUT2D eigenvalue weighted by Gasteiger charge is -2.29. The largest absolute Gasteiger partial charge is 0.333 e. The lowest BCUT2D eigenvalue weighted by molar-refractivity contribution is -0.133. The standard InChI is InChI=1S/C18H22N4O/c1-13-5-2-3-6-15(13)18-16-10-19-9-14(16)11-22(18)17(23)12-21-8-4-7-20-21/h2-8,14,16,18-19H,9-12H2,1H3/t14-,16-,18+/m0/s1. The molecule has 2 aliphatic heterocycles. The van der Waals surface area contributed by atoms with Gasteiger partial charge in [-0.2, -0.15) is 5.10 Å². The van der Waals surface area contributed by atoms with Crippen LogP contribution in [-0.4, -0.2) is 40.2 Å². The molecule has 120 valence electrons. The summed E-state index contributed by atoms with van der Waals surface area (Å²) in [6.45, 7) is 5.31. The van der Waals surface area contributed by atoms with Crippen LogP contribution in [0, 0.1) is 18.8 Å². The lowest BCUT2D eigenvalue weighted by atomic mass is 9.87. The molecule has 3 atom stereocenters. The minimum Gasteiger partial charge on any atom is -0.333 e. The number of likely N-dealkylation sites (tertiary alicyclic amines) is 1. The van der Waals surface area contributed by atoms with Gasteiger partial charge in [0.15, 0.2) is 0 Å². The number of hydrogen-bond donors (Lipinski definition) is 1. The second-order valence-corrected chi connectivity index (χ2v) is 6.63. The van der Waals surface area contributed by atoms with Crippen molar-refractivity contribution < 1.29 is 4.79 Å². The van der Waals surface area contributed by atoms with Crippen molar-refractivity contribution in [1.82, 2.24) is 20.0 Å². The quantitative estimate of drug-likeness (QED) is 0.937. The molecule has 0 spiro atoms. The molecule has 1 amide bonds. The molecule has 5 heteroatoms. The monoisotopic (exact) mass is 310 g/mol. The number of amides is 1. The highest BCUT2D eigenvalue weighted by Crippen LogP contribution is 2.43. The van der Waals surface area contributed by atoms with Crippen molar-refractivity contribution in [2.75, 3.05) is 19.6 Å². The normalized spacial score (nSPS) is 26.5. The van der Waals surface area contributed by atoms with Gasteiger partial charge in [0, 0.05) is 37.9 Å². The molecule has 0 radical (unpaired) electrons. The van der Waals surface area contributed by atoms with E-state index >= 15 is 0 Å². The number of nitrogens with one attached hydrogen (secondary N) is 1. The Morgan fingerprint density at radius 3 is 2.96 bits per heavy atom. The molecule has 0 bridgehead atoms. The predicted molar refractivity (Wildman–Crippen MR) is 87.7 cm³/mol. The van der Waals surface area contributed by atoms with Crippen LogP contribution in [-0.2, 0) is 11.3 Å². The predicted octanol–water partition coefficient (Wildman–Crippen LogP) is 1.61. The SMILES string of the molecule is Cc1ccccc1[C@@H]1[C@H]2CNC[C@H]2CN1C(=O)Cn1cccn1. The molecule has 1 aromatic carbocycles. The maximum absolute atomic E-state index is 12.9. The molecule has 2 aliphatic rings. The maximum Gasteiger partial charge on any atom is 0.244 e. The fourth-order valence-electron chi connectivity index (χ4n) is 4.12. The van der Waals surface area contributed by atoms with E-state index < -0.39 is 0 Å². The zero-order valence-electron chi connectivity index (χ0n) is 13.4. The van der Waals surface area contributed by atoms with E-state index in [9.17, 15) is 4.79 Å². The molecule has 4 rings (SSSR count). The third-order valence-electron chi connectivity index (χ3n) is 5.25. The Morgan fingerprint density at radius 2 is 2.17 bits per heavy atom. The molecule has 1 aromatic heterocycles. The van der Waals surface area contributed by atoms with Gasteiger partial charge in [-0.1, -0.05) is 24.3 Å². The molecule has 0 unspecified atom stereocenters. The number of benzene rings is 1. The summed E-state index contributed by atoms with van der Waals surface area (Å²) in [5.41, 5.74) is 2.56. The van der Waals surface area contributed by atoms with Crippen molar-refractivity contribution in [3.63, 3.8) is 0 Å². The van der Waals surface area contributed by atoms with Crippen molar-refractivity contribution >= 4 is 5.91 Å². The number of fused-ring (bicyclic) bond motifs is 1. The fourth-order valence-corrected chi connectivity index (χ4v) is 4.12. The Hall–Kier alpha value is -2.14. The van der Waals surface area contributed by atoms with E-state index in [1.54, 1.807) is 10.9 Å². The molecule has 3 heterocycles. The van der Waals surface area contributed by atoms with Crippen LogP contribution in [0.15, 0.2) is 42.7 Å². The van der Waals surface area contributed by atoms with E-state index in [1.807, 2.05) is 12.3 Å². The molecule has 5 nitrogen and oxygen atoms in total. The van der Waals surface area contributed by atoms with Crippen LogP contribution >= 0.6 is 0 Å². The summed E-state index contributed by atoms with van der Waals surface area (Å²) in [6.07, 6.45) is 3.56. The number of carbonyl (C=O) groups excluding carboxylic acids is 1. The van der Waals surface area contributed by atoms with Gasteiger partial charge in [0.05, 0.1) is 6.04 Å². The number of hydrogen-bond acceptors (Lipinski definition) is 3. The first-order valence-corrected chi connectivity index (χ1v) is 8.27. The summed E-state index contributed by atoms with van der Waals surface area (Å²) in [7, 11) is 0. The summed E-state index contributed by atoms with van der Waals surface area (Å²) in [4.78, 5) is 15.0. The summed E-state index contributed by atoms with van der Waals surface area (Å²) < 4.78 is 1.71. The fraction of sp³-hybridized carbons (Fsp3) is 0.444. The topological polar surface area (TPSA) is 50.2 Å². The van der Waals surface area contributed by atoms with Gasteiger partial charge in [0.25, 0.3) is 0 Å². The zero-order valence-corrected chi connectivity index (χ0v) is 13.4. The van der Waals surface area contributed by atoms with Crippen LogP contribution in [0.25, 0.3) is 0 Å². The highest BCUT2D eigenvalue weighted by Gasteiger charge is 2.46. The molecular formula is C18H22N4O. The highest BCUT2D eigenvalue weighted by atomic mass is 16.2. The molecule has 1 N–H and O–H groups in total. The Kier molecular flexibility index (Phi) is 3.65. The van der Waals surface area contributed by atoms with Gasteiger partial charge in [-0.05, 0) is 30.0 Å². The highest BCUT2D eigenvalue weighted by molar-refractivity contribution is 5.77. The van der Waals surface area contributed by atoms with E-state index in [0.717, 1.165) is 19.6 Å². The average molecular weight is 310 g/mol. The number of aryl methyl sites for hydroxylation is 1. The average Bonchev–Trinajstić information content (AvgIpc) is 3.24. The van der Waals surface area contributed by atoms with Gasteiger partial charge in [-0.3, -0.25) is 9.48 Å². The second-order valence-electron chi connectivity index (χ2n) is 6.63. The molecule has 2 saturated heterocycles. The first-order chi connectivity index (χ1) is 11.2. The Morgan fingerprint density at radius 1 is 1.30 bits per heavy atom. The Bertz CT molecular complexity index is 697. The molecule has 2 aromatic rings. The minimum atomic E-state index is 0.163. The molecule has 0 aliphatic carbocycles. The van der Waals surface area contributed by atoms with Crippen molar-refractivity contribution in [2.45, 2.75) is 19.5 Å². The van der Waals surface area contributed by atoms with Crippen LogP contribution in [0.4, 0.5) is 0 Å². The van der Waals surface area contributed by atoms with Gasteiger partial charge in [0.1, 0.15) is 6.54 Å². The van der Waals surface area contributed by atoms with E-state index in [2.05, 4.69) is 46.5 Å². The van der Waals surface area contributed by atoms with Crippen molar-refractivity contribution in [1.29, 1.82) is 0 Å². The van der Waals surface area contributed by atoms with Crippen LogP contribution in [0.3, 0.4) is 0 Å². The van der Waals surface area contributed by atoms with Crippen molar-refractivity contribution in [3.05, 3.63) is 53.9 Å². The Labute approximate surface area is 136 Å². The zero-order chi connectivity index (χ0) is 15.8. The second kappa shape index (κ2) is 5.81. The van der Waals surface area contributed by atoms with E-state index in [4.69, 9.17) is 0 Å². The van der Waals surface area contributed by atoms with Crippen molar-refractivity contribution in [3.8, 4) is 0 Å². The maximum atomic E-state index is 12.9. The van der Waals surface area contributed by atoms with Crippen LogP contribution < -0.4 is 5.32 Å². The van der Waals surface area contributed by atoms with Gasteiger partial charge in [0.2, 0.25) is 5.91 Å². The van der Waals surface area contributed by atoms with Gasteiger partial charge in [-0.15, -0.1) is 0 Å².